The predicted octanol–water partition coefficient (Wildman–Crippen LogP) is 4.60. The lowest BCUT2D eigenvalue weighted by Crippen LogP contribution is -2.13. The summed E-state index contributed by atoms with van der Waals surface area (Å²) in [5.74, 6) is -0.436. The number of ether oxygens (including phenoxy) is 1. The van der Waals surface area contributed by atoms with Gasteiger partial charge >= 0.3 is 5.97 Å². The van der Waals surface area contributed by atoms with E-state index >= 15 is 0 Å². The molecule has 0 unspecified atom stereocenters. The summed E-state index contributed by atoms with van der Waals surface area (Å²) >= 11 is 1.41. The van der Waals surface area contributed by atoms with E-state index in [0.717, 1.165) is 29.3 Å². The molecule has 0 saturated carbocycles. The van der Waals surface area contributed by atoms with E-state index in [1.165, 1.54) is 11.3 Å². The average Bonchev–Trinajstić information content (AvgIpc) is 2.85. The van der Waals surface area contributed by atoms with Gasteiger partial charge in [0.25, 0.3) is 0 Å². The van der Waals surface area contributed by atoms with Gasteiger partial charge in [-0.25, -0.2) is 4.79 Å². The second-order valence-corrected chi connectivity index (χ2v) is 6.08. The molecule has 118 valence electrons. The van der Waals surface area contributed by atoms with E-state index in [2.05, 4.69) is 12.2 Å². The Hall–Kier alpha value is -1.88. The number of unbranched alkanes of at least 4 members (excludes halogenated alkanes) is 2. The standard InChI is InChI=1S/C17H21NO3S/c1-3-5-6-11-14(19)18-16-15(17(20)21-4-2)12-9-7-8-10-13(12)22-16/h7-10H,3-6,11H2,1-2H3,(H,18,19). The van der Waals surface area contributed by atoms with Crippen LogP contribution < -0.4 is 5.32 Å². The maximum absolute atomic E-state index is 12.2. The monoisotopic (exact) mass is 319 g/mol. The van der Waals surface area contributed by atoms with E-state index in [9.17, 15) is 9.59 Å². The molecule has 0 atom stereocenters. The highest BCUT2D eigenvalue weighted by molar-refractivity contribution is 7.23. The van der Waals surface area contributed by atoms with Crippen molar-refractivity contribution in [3.05, 3.63) is 29.8 Å². The lowest BCUT2D eigenvalue weighted by atomic mass is 10.1. The fraction of sp³-hybridized carbons (Fsp3) is 0.412. The molecule has 0 saturated heterocycles. The first kappa shape index (κ1) is 16.5. The number of benzene rings is 1. The van der Waals surface area contributed by atoms with E-state index in [4.69, 9.17) is 4.74 Å². The van der Waals surface area contributed by atoms with Crippen molar-refractivity contribution in [1.29, 1.82) is 0 Å². The van der Waals surface area contributed by atoms with Crippen molar-refractivity contribution in [2.75, 3.05) is 11.9 Å². The summed E-state index contributed by atoms with van der Waals surface area (Å²) in [7, 11) is 0. The molecule has 1 heterocycles. The van der Waals surface area contributed by atoms with Crippen LogP contribution in [0, 0.1) is 0 Å². The lowest BCUT2D eigenvalue weighted by Gasteiger charge is -2.06. The first-order chi connectivity index (χ1) is 10.7. The van der Waals surface area contributed by atoms with Crippen molar-refractivity contribution in [2.45, 2.75) is 39.5 Å². The summed E-state index contributed by atoms with van der Waals surface area (Å²) < 4.78 is 6.10. The molecular formula is C17H21NO3S. The van der Waals surface area contributed by atoms with E-state index in [1.807, 2.05) is 24.3 Å². The molecule has 0 bridgehead atoms. The van der Waals surface area contributed by atoms with Crippen LogP contribution in [-0.4, -0.2) is 18.5 Å². The summed E-state index contributed by atoms with van der Waals surface area (Å²) in [5, 5.41) is 4.29. The highest BCUT2D eigenvalue weighted by Gasteiger charge is 2.21. The summed E-state index contributed by atoms with van der Waals surface area (Å²) in [6, 6.07) is 7.62. The fourth-order valence-corrected chi connectivity index (χ4v) is 3.37. The van der Waals surface area contributed by atoms with Crippen LogP contribution >= 0.6 is 11.3 Å². The highest BCUT2D eigenvalue weighted by atomic mass is 32.1. The normalized spacial score (nSPS) is 10.6. The second-order valence-electron chi connectivity index (χ2n) is 5.03. The minimum Gasteiger partial charge on any atom is -0.462 e. The third kappa shape index (κ3) is 3.85. The third-order valence-electron chi connectivity index (χ3n) is 3.34. The van der Waals surface area contributed by atoms with Crippen LogP contribution in [0.4, 0.5) is 5.00 Å². The number of fused-ring (bicyclic) bond motifs is 1. The number of thiophene rings is 1. The van der Waals surface area contributed by atoms with Gasteiger partial charge in [-0.3, -0.25) is 4.79 Å². The molecule has 1 amide bonds. The van der Waals surface area contributed by atoms with Gasteiger partial charge < -0.3 is 10.1 Å². The van der Waals surface area contributed by atoms with Gasteiger partial charge in [0.2, 0.25) is 5.91 Å². The van der Waals surface area contributed by atoms with Gasteiger partial charge in [-0.05, 0) is 19.4 Å². The first-order valence-electron chi connectivity index (χ1n) is 7.65. The summed E-state index contributed by atoms with van der Waals surface area (Å²) in [6.07, 6.45) is 3.45. The van der Waals surface area contributed by atoms with Gasteiger partial charge in [-0.2, -0.15) is 0 Å². The Kier molecular flexibility index (Phi) is 5.95. The Balaban J connectivity index is 2.26. The minimum atomic E-state index is -0.385. The molecule has 0 aliphatic rings. The Morgan fingerprint density at radius 2 is 1.95 bits per heavy atom. The number of esters is 1. The number of anilines is 1. The molecule has 22 heavy (non-hydrogen) atoms. The molecule has 1 N–H and O–H groups in total. The Morgan fingerprint density at radius 3 is 2.68 bits per heavy atom. The number of rotatable bonds is 7. The Bertz CT molecular complexity index is 663. The Morgan fingerprint density at radius 1 is 1.18 bits per heavy atom. The summed E-state index contributed by atoms with van der Waals surface area (Å²) in [5.41, 5.74) is 0.464. The highest BCUT2D eigenvalue weighted by Crippen LogP contribution is 2.36. The van der Waals surface area contributed by atoms with Crippen molar-refractivity contribution in [3.63, 3.8) is 0 Å². The zero-order chi connectivity index (χ0) is 15.9. The zero-order valence-corrected chi connectivity index (χ0v) is 13.8. The number of hydrogen-bond acceptors (Lipinski definition) is 4. The molecule has 1 aromatic carbocycles. The molecule has 4 nitrogen and oxygen atoms in total. The first-order valence-corrected chi connectivity index (χ1v) is 8.47. The van der Waals surface area contributed by atoms with Crippen molar-refractivity contribution >= 4 is 38.3 Å². The fourth-order valence-electron chi connectivity index (χ4n) is 2.26. The maximum Gasteiger partial charge on any atom is 0.341 e. The lowest BCUT2D eigenvalue weighted by molar-refractivity contribution is -0.116. The third-order valence-corrected chi connectivity index (χ3v) is 4.42. The molecule has 5 heteroatoms. The van der Waals surface area contributed by atoms with Gasteiger partial charge in [0.1, 0.15) is 10.6 Å². The van der Waals surface area contributed by atoms with Crippen LogP contribution in [0.25, 0.3) is 10.1 Å². The SMILES string of the molecule is CCCCCC(=O)Nc1sc2ccccc2c1C(=O)OCC. The van der Waals surface area contributed by atoms with Crippen LogP contribution in [0.15, 0.2) is 24.3 Å². The maximum atomic E-state index is 12.2. The molecule has 0 aliphatic carbocycles. The van der Waals surface area contributed by atoms with Crippen LogP contribution in [-0.2, 0) is 9.53 Å². The largest absolute Gasteiger partial charge is 0.462 e. The molecular weight excluding hydrogens is 298 g/mol. The minimum absolute atomic E-state index is 0.0504. The van der Waals surface area contributed by atoms with Gasteiger partial charge in [0.05, 0.1) is 6.61 Å². The van der Waals surface area contributed by atoms with E-state index < -0.39 is 0 Å². The smallest absolute Gasteiger partial charge is 0.341 e. The number of carbonyl (C=O) groups is 2. The van der Waals surface area contributed by atoms with Crippen molar-refractivity contribution in [2.24, 2.45) is 0 Å². The predicted molar refractivity (Wildman–Crippen MR) is 90.6 cm³/mol. The van der Waals surface area contributed by atoms with Crippen molar-refractivity contribution < 1.29 is 14.3 Å². The average molecular weight is 319 g/mol. The van der Waals surface area contributed by atoms with Crippen LogP contribution in [0.5, 0.6) is 0 Å². The molecule has 1 aromatic heterocycles. The van der Waals surface area contributed by atoms with Crippen molar-refractivity contribution in [1.82, 2.24) is 0 Å². The Labute approximate surface area is 134 Å². The molecule has 0 fully saturated rings. The number of amides is 1. The number of hydrogen-bond donors (Lipinski definition) is 1. The summed E-state index contributed by atoms with van der Waals surface area (Å²) in [6.45, 7) is 4.19. The zero-order valence-electron chi connectivity index (χ0n) is 13.0. The van der Waals surface area contributed by atoms with E-state index in [1.54, 1.807) is 6.92 Å². The van der Waals surface area contributed by atoms with E-state index in [-0.39, 0.29) is 11.9 Å². The van der Waals surface area contributed by atoms with Gasteiger partial charge in [0.15, 0.2) is 0 Å². The second kappa shape index (κ2) is 7.94. The van der Waals surface area contributed by atoms with Gasteiger partial charge in [-0.15, -0.1) is 11.3 Å². The van der Waals surface area contributed by atoms with E-state index in [0.29, 0.717) is 23.6 Å². The topological polar surface area (TPSA) is 55.4 Å². The summed E-state index contributed by atoms with van der Waals surface area (Å²) in [4.78, 5) is 24.3. The quantitative estimate of drug-likeness (QED) is 0.599. The molecule has 0 aliphatic heterocycles. The molecule has 0 spiro atoms. The number of nitrogens with one attached hydrogen (secondary N) is 1. The van der Waals surface area contributed by atoms with Crippen LogP contribution in [0.1, 0.15) is 49.9 Å². The molecule has 0 radical (unpaired) electrons. The van der Waals surface area contributed by atoms with Crippen LogP contribution in [0.3, 0.4) is 0 Å². The van der Waals surface area contributed by atoms with Gasteiger partial charge in [-0.1, -0.05) is 38.0 Å². The van der Waals surface area contributed by atoms with Gasteiger partial charge in [0, 0.05) is 16.5 Å². The molecule has 2 rings (SSSR count). The van der Waals surface area contributed by atoms with Crippen molar-refractivity contribution in [3.8, 4) is 0 Å². The number of carbonyl (C=O) groups excluding carboxylic acids is 2. The molecule has 2 aromatic rings. The van der Waals surface area contributed by atoms with Crippen LogP contribution in [0.2, 0.25) is 0 Å².